The average molecular weight is 420 g/mol. The molecule has 3 amide bonds. The first-order chi connectivity index (χ1) is 14.9. The molecule has 0 aromatic carbocycles. The van der Waals surface area contributed by atoms with Gasteiger partial charge in [-0.05, 0) is 55.8 Å². The lowest BCUT2D eigenvalue weighted by Crippen LogP contribution is -2.30. The molecule has 158 valence electrons. The number of hydrogen-bond acceptors (Lipinski definition) is 6. The molecule has 9 nitrogen and oxygen atoms in total. The van der Waals surface area contributed by atoms with E-state index in [0.29, 0.717) is 5.76 Å². The Bertz CT molecular complexity index is 1210. The number of carbonyl (C=O) groups is 3. The van der Waals surface area contributed by atoms with Crippen LogP contribution in [-0.2, 0) is 16.1 Å². The molecule has 0 aliphatic carbocycles. The number of ether oxygens (including phenoxy) is 1. The lowest BCUT2D eigenvalue weighted by atomic mass is 10.2. The van der Waals surface area contributed by atoms with Crippen LogP contribution in [0.3, 0.4) is 0 Å². The normalized spacial score (nSPS) is 14.9. The molecule has 0 radical (unpaired) electrons. The Hall–Kier alpha value is -4.14. The van der Waals surface area contributed by atoms with Crippen molar-refractivity contribution in [3.05, 3.63) is 76.9 Å². The molecule has 31 heavy (non-hydrogen) atoms. The van der Waals surface area contributed by atoms with E-state index in [9.17, 15) is 14.4 Å². The van der Waals surface area contributed by atoms with Gasteiger partial charge >= 0.3 is 12.0 Å². The summed E-state index contributed by atoms with van der Waals surface area (Å²) in [5, 5.41) is 2.60. The van der Waals surface area contributed by atoms with Gasteiger partial charge in [0.15, 0.2) is 0 Å². The monoisotopic (exact) mass is 420 g/mol. The van der Waals surface area contributed by atoms with Gasteiger partial charge in [-0.25, -0.2) is 9.59 Å². The number of amides is 3. The topological polar surface area (TPSA) is 107 Å². The second-order valence-electron chi connectivity index (χ2n) is 7.00. The lowest BCUT2D eigenvalue weighted by molar-refractivity contribution is -0.123. The van der Waals surface area contributed by atoms with Crippen LogP contribution in [0.15, 0.2) is 52.8 Å². The number of rotatable bonds is 5. The van der Waals surface area contributed by atoms with Gasteiger partial charge in [0.1, 0.15) is 11.5 Å². The third-order valence-electron chi connectivity index (χ3n) is 5.02. The van der Waals surface area contributed by atoms with E-state index in [1.165, 1.54) is 19.2 Å². The number of aryl methyl sites for hydroxylation is 1. The quantitative estimate of drug-likeness (QED) is 0.386. The van der Waals surface area contributed by atoms with Crippen molar-refractivity contribution >= 4 is 24.0 Å². The summed E-state index contributed by atoms with van der Waals surface area (Å²) in [5.41, 5.74) is 3.84. The first-order valence-electron chi connectivity index (χ1n) is 9.50. The van der Waals surface area contributed by atoms with Gasteiger partial charge in [-0.3, -0.25) is 14.7 Å². The third-order valence-corrected chi connectivity index (χ3v) is 5.02. The van der Waals surface area contributed by atoms with E-state index in [2.05, 4.69) is 15.0 Å². The van der Waals surface area contributed by atoms with Crippen LogP contribution >= 0.6 is 0 Å². The smallest absolute Gasteiger partial charge is 0.373 e. The molecule has 0 spiro atoms. The highest BCUT2D eigenvalue weighted by atomic mass is 16.5. The van der Waals surface area contributed by atoms with Crippen molar-refractivity contribution in [1.29, 1.82) is 0 Å². The van der Waals surface area contributed by atoms with E-state index in [-0.39, 0.29) is 18.0 Å². The van der Waals surface area contributed by atoms with Crippen LogP contribution in [0.4, 0.5) is 4.79 Å². The van der Waals surface area contributed by atoms with Crippen molar-refractivity contribution in [1.82, 2.24) is 19.8 Å². The van der Waals surface area contributed by atoms with Crippen LogP contribution in [-0.4, -0.2) is 39.5 Å². The number of urea groups is 1. The summed E-state index contributed by atoms with van der Waals surface area (Å²) in [6.07, 6.45) is 5.08. The predicted octanol–water partition coefficient (Wildman–Crippen LogP) is 2.96. The number of furan rings is 1. The van der Waals surface area contributed by atoms with Crippen molar-refractivity contribution in [3.63, 3.8) is 0 Å². The summed E-state index contributed by atoms with van der Waals surface area (Å²) in [6, 6.07) is 8.14. The first kappa shape index (κ1) is 20.1. The van der Waals surface area contributed by atoms with Gasteiger partial charge < -0.3 is 19.0 Å². The summed E-state index contributed by atoms with van der Waals surface area (Å²) >= 11 is 0. The molecule has 0 unspecified atom stereocenters. The van der Waals surface area contributed by atoms with Gasteiger partial charge in [-0.2, -0.15) is 0 Å². The van der Waals surface area contributed by atoms with E-state index >= 15 is 0 Å². The number of hydrogen-bond donors (Lipinski definition) is 1. The molecule has 3 aromatic rings. The second-order valence-corrected chi connectivity index (χ2v) is 7.00. The lowest BCUT2D eigenvalue weighted by Gasteiger charge is -2.09. The molecular weight excluding hydrogens is 400 g/mol. The number of carbonyl (C=O) groups excluding carboxylic acids is 3. The highest BCUT2D eigenvalue weighted by molar-refractivity contribution is 6.13. The Morgan fingerprint density at radius 1 is 1.19 bits per heavy atom. The van der Waals surface area contributed by atoms with Gasteiger partial charge in [-0.1, -0.05) is 0 Å². The number of imide groups is 1. The Balaban J connectivity index is 1.58. The van der Waals surface area contributed by atoms with Gasteiger partial charge in [0.2, 0.25) is 5.76 Å². The van der Waals surface area contributed by atoms with Crippen LogP contribution in [0.25, 0.3) is 11.8 Å². The summed E-state index contributed by atoms with van der Waals surface area (Å²) in [7, 11) is 1.24. The van der Waals surface area contributed by atoms with E-state index < -0.39 is 17.9 Å². The van der Waals surface area contributed by atoms with Gasteiger partial charge in [0, 0.05) is 29.5 Å². The zero-order chi connectivity index (χ0) is 22.1. The molecule has 0 atom stereocenters. The van der Waals surface area contributed by atoms with Crippen LogP contribution in [0.2, 0.25) is 0 Å². The minimum Gasteiger partial charge on any atom is -0.463 e. The van der Waals surface area contributed by atoms with Gasteiger partial charge in [-0.15, -0.1) is 0 Å². The Morgan fingerprint density at radius 2 is 1.94 bits per heavy atom. The number of esters is 1. The van der Waals surface area contributed by atoms with Crippen LogP contribution in [0.5, 0.6) is 0 Å². The Morgan fingerprint density at radius 3 is 2.65 bits per heavy atom. The van der Waals surface area contributed by atoms with Crippen molar-refractivity contribution in [2.45, 2.75) is 20.4 Å². The maximum atomic E-state index is 12.8. The molecule has 1 aliphatic rings. The summed E-state index contributed by atoms with van der Waals surface area (Å²) in [4.78, 5) is 41.8. The number of nitrogens with zero attached hydrogens (tertiary/aromatic N) is 3. The fraction of sp³-hybridized carbons (Fsp3) is 0.182. The summed E-state index contributed by atoms with van der Waals surface area (Å²) < 4.78 is 12.0. The van der Waals surface area contributed by atoms with Gasteiger partial charge in [0.25, 0.3) is 5.91 Å². The third kappa shape index (κ3) is 3.73. The average Bonchev–Trinajstić information content (AvgIpc) is 3.42. The molecule has 0 bridgehead atoms. The highest BCUT2D eigenvalue weighted by Gasteiger charge is 2.34. The number of methoxy groups -OCH3 is 1. The fourth-order valence-corrected chi connectivity index (χ4v) is 3.52. The van der Waals surface area contributed by atoms with Crippen LogP contribution in [0, 0.1) is 13.8 Å². The largest absolute Gasteiger partial charge is 0.463 e. The molecule has 1 fully saturated rings. The van der Waals surface area contributed by atoms with E-state index in [0.717, 1.165) is 27.5 Å². The Kier molecular flexibility index (Phi) is 5.16. The molecule has 1 saturated heterocycles. The summed E-state index contributed by atoms with van der Waals surface area (Å²) in [6.45, 7) is 3.80. The van der Waals surface area contributed by atoms with E-state index in [1.54, 1.807) is 18.5 Å². The molecule has 0 saturated carbocycles. The minimum absolute atomic E-state index is 0.00358. The van der Waals surface area contributed by atoms with E-state index in [4.69, 9.17) is 4.42 Å². The maximum Gasteiger partial charge on any atom is 0.373 e. The molecule has 4 heterocycles. The molecule has 1 aliphatic heterocycles. The van der Waals surface area contributed by atoms with Gasteiger partial charge in [0.05, 0.1) is 13.7 Å². The molecule has 1 N–H and O–H groups in total. The fourth-order valence-electron chi connectivity index (χ4n) is 3.52. The zero-order valence-electron chi connectivity index (χ0n) is 17.2. The number of aromatic nitrogens is 2. The van der Waals surface area contributed by atoms with E-state index in [1.807, 2.05) is 36.6 Å². The van der Waals surface area contributed by atoms with Crippen molar-refractivity contribution in [3.8, 4) is 5.69 Å². The number of pyridine rings is 1. The van der Waals surface area contributed by atoms with Crippen molar-refractivity contribution in [2.75, 3.05) is 7.11 Å². The van der Waals surface area contributed by atoms with Crippen molar-refractivity contribution < 1.29 is 23.5 Å². The highest BCUT2D eigenvalue weighted by Crippen LogP contribution is 2.24. The SMILES string of the molecule is COC(=O)c1ccc(CN2C(=O)NC(=Cc3cc(C)n(-c4ccncc4)c3C)C2=O)o1. The van der Waals surface area contributed by atoms with Crippen molar-refractivity contribution in [2.24, 2.45) is 0 Å². The molecule has 9 heteroatoms. The maximum absolute atomic E-state index is 12.8. The van der Waals surface area contributed by atoms with Crippen LogP contribution in [0.1, 0.15) is 33.3 Å². The molecular formula is C22H20N4O5. The second kappa shape index (κ2) is 7.94. The summed E-state index contributed by atoms with van der Waals surface area (Å²) in [5.74, 6) is -0.812. The molecule has 4 rings (SSSR count). The standard InChI is InChI=1S/C22H20N4O5/c1-13-10-15(14(2)26(13)16-6-8-23-9-7-16)11-18-20(27)25(22(29)24-18)12-17-4-5-19(31-17)21(28)30-3/h4-11H,12H2,1-3H3,(H,24,29). The van der Waals surface area contributed by atoms with Crippen LogP contribution < -0.4 is 5.32 Å². The first-order valence-corrected chi connectivity index (χ1v) is 9.50. The predicted molar refractivity (Wildman–Crippen MR) is 110 cm³/mol. The molecule has 3 aromatic heterocycles. The minimum atomic E-state index is -0.631. The zero-order valence-corrected chi connectivity index (χ0v) is 17.2. The Labute approximate surface area is 177 Å². The number of nitrogens with one attached hydrogen (secondary N) is 1.